The fraction of sp³-hybridized carbons (Fsp3) is 0.667. The highest BCUT2D eigenvalue weighted by atomic mass is 16.5. The lowest BCUT2D eigenvalue weighted by atomic mass is 9.94. The van der Waals surface area contributed by atoms with Crippen LogP contribution < -0.4 is 10.2 Å². The Bertz CT molecular complexity index is 435. The number of methoxy groups -OCH3 is 1. The van der Waals surface area contributed by atoms with Gasteiger partial charge in [0.1, 0.15) is 0 Å². The molecular formula is C18H30N2O. The number of para-hydroxylation sites is 1. The lowest BCUT2D eigenvalue weighted by Crippen LogP contribution is -2.57. The highest BCUT2D eigenvalue weighted by molar-refractivity contribution is 5.55. The van der Waals surface area contributed by atoms with Crippen LogP contribution in [-0.2, 0) is 11.2 Å². The maximum Gasteiger partial charge on any atom is 0.0503 e. The fourth-order valence-electron chi connectivity index (χ4n) is 3.10. The van der Waals surface area contributed by atoms with Crippen LogP contribution in [0.5, 0.6) is 0 Å². The van der Waals surface area contributed by atoms with Gasteiger partial charge < -0.3 is 15.0 Å². The SMILES string of the molecule is CCC(C)C1CN(c2ccccc2CCOC)C(C)CN1. The first-order chi connectivity index (χ1) is 10.2. The largest absolute Gasteiger partial charge is 0.384 e. The Morgan fingerprint density at radius 3 is 2.86 bits per heavy atom. The number of nitrogens with one attached hydrogen (secondary N) is 1. The summed E-state index contributed by atoms with van der Waals surface area (Å²) in [6.07, 6.45) is 2.21. The summed E-state index contributed by atoms with van der Waals surface area (Å²) in [5, 5.41) is 3.72. The Kier molecular flexibility index (Phi) is 6.07. The Morgan fingerprint density at radius 2 is 2.14 bits per heavy atom. The van der Waals surface area contributed by atoms with Crippen LogP contribution in [0.2, 0.25) is 0 Å². The van der Waals surface area contributed by atoms with Crippen molar-refractivity contribution in [1.29, 1.82) is 0 Å². The van der Waals surface area contributed by atoms with Crippen molar-refractivity contribution < 1.29 is 4.74 Å². The normalized spacial score (nSPS) is 24.1. The van der Waals surface area contributed by atoms with Gasteiger partial charge in [0.05, 0.1) is 6.61 Å². The molecule has 3 unspecified atom stereocenters. The topological polar surface area (TPSA) is 24.5 Å². The van der Waals surface area contributed by atoms with Gasteiger partial charge >= 0.3 is 0 Å². The zero-order valence-corrected chi connectivity index (χ0v) is 13.9. The molecular weight excluding hydrogens is 260 g/mol. The van der Waals surface area contributed by atoms with Crippen LogP contribution in [0.1, 0.15) is 32.8 Å². The number of nitrogens with zero attached hydrogens (tertiary/aromatic N) is 1. The minimum absolute atomic E-state index is 0.536. The zero-order valence-electron chi connectivity index (χ0n) is 13.9. The van der Waals surface area contributed by atoms with Gasteiger partial charge in [-0.2, -0.15) is 0 Å². The third kappa shape index (κ3) is 3.98. The second-order valence-electron chi connectivity index (χ2n) is 6.27. The maximum atomic E-state index is 5.26. The standard InChI is InChI=1S/C18H30N2O/c1-5-14(2)17-13-20(15(3)12-19-17)18-9-7-6-8-16(18)10-11-21-4/h6-9,14-15,17,19H,5,10-13H2,1-4H3. The van der Waals surface area contributed by atoms with Gasteiger partial charge in [0.2, 0.25) is 0 Å². The van der Waals surface area contributed by atoms with Gasteiger partial charge in [-0.15, -0.1) is 0 Å². The van der Waals surface area contributed by atoms with E-state index in [2.05, 4.69) is 55.3 Å². The summed E-state index contributed by atoms with van der Waals surface area (Å²) in [5.41, 5.74) is 2.79. The molecule has 1 N–H and O–H groups in total. The predicted molar refractivity (Wildman–Crippen MR) is 90.1 cm³/mol. The highest BCUT2D eigenvalue weighted by Gasteiger charge is 2.28. The summed E-state index contributed by atoms with van der Waals surface area (Å²) in [5.74, 6) is 0.714. The molecule has 118 valence electrons. The average Bonchev–Trinajstić information content (AvgIpc) is 2.53. The molecule has 0 aromatic heterocycles. The summed E-state index contributed by atoms with van der Waals surface area (Å²) < 4.78 is 5.26. The van der Waals surface area contributed by atoms with E-state index in [1.54, 1.807) is 7.11 Å². The third-order valence-electron chi connectivity index (χ3n) is 4.81. The van der Waals surface area contributed by atoms with Crippen LogP contribution in [0.15, 0.2) is 24.3 Å². The monoisotopic (exact) mass is 290 g/mol. The summed E-state index contributed by atoms with van der Waals surface area (Å²) in [6.45, 7) is 9.89. The van der Waals surface area contributed by atoms with Gasteiger partial charge in [-0.3, -0.25) is 0 Å². The third-order valence-corrected chi connectivity index (χ3v) is 4.81. The van der Waals surface area contributed by atoms with Crippen LogP contribution in [0.3, 0.4) is 0 Å². The number of hydrogen-bond acceptors (Lipinski definition) is 3. The molecule has 1 fully saturated rings. The Balaban J connectivity index is 2.18. The van der Waals surface area contributed by atoms with E-state index in [1.165, 1.54) is 17.7 Å². The molecule has 0 amide bonds. The summed E-state index contributed by atoms with van der Waals surface area (Å²) in [6, 6.07) is 9.91. The number of benzene rings is 1. The first-order valence-corrected chi connectivity index (χ1v) is 8.24. The molecule has 3 atom stereocenters. The van der Waals surface area contributed by atoms with Crippen molar-refractivity contribution >= 4 is 5.69 Å². The van der Waals surface area contributed by atoms with Crippen LogP contribution in [0.4, 0.5) is 5.69 Å². The first kappa shape index (κ1) is 16.3. The van der Waals surface area contributed by atoms with Crippen LogP contribution in [0, 0.1) is 5.92 Å². The van der Waals surface area contributed by atoms with Gasteiger partial charge in [0.15, 0.2) is 0 Å². The summed E-state index contributed by atoms with van der Waals surface area (Å²) >= 11 is 0. The Hall–Kier alpha value is -1.06. The van der Waals surface area contributed by atoms with Gasteiger partial charge in [0, 0.05) is 38.0 Å². The number of ether oxygens (including phenoxy) is 1. The molecule has 0 bridgehead atoms. The molecule has 1 aliphatic heterocycles. The van der Waals surface area contributed by atoms with E-state index in [-0.39, 0.29) is 0 Å². The Morgan fingerprint density at radius 1 is 1.38 bits per heavy atom. The van der Waals surface area contributed by atoms with Gasteiger partial charge in [-0.25, -0.2) is 0 Å². The molecule has 1 saturated heterocycles. The molecule has 1 aromatic carbocycles. The van der Waals surface area contributed by atoms with Crippen molar-refractivity contribution in [1.82, 2.24) is 5.32 Å². The van der Waals surface area contributed by atoms with Gasteiger partial charge in [-0.05, 0) is 30.9 Å². The maximum absolute atomic E-state index is 5.26. The Labute approximate surface area is 129 Å². The fourth-order valence-corrected chi connectivity index (χ4v) is 3.10. The molecule has 2 rings (SSSR count). The molecule has 0 aliphatic carbocycles. The summed E-state index contributed by atoms with van der Waals surface area (Å²) in [7, 11) is 1.77. The van der Waals surface area contributed by atoms with Crippen LogP contribution in [0.25, 0.3) is 0 Å². The smallest absolute Gasteiger partial charge is 0.0503 e. The zero-order chi connectivity index (χ0) is 15.2. The van der Waals surface area contributed by atoms with E-state index in [9.17, 15) is 0 Å². The minimum atomic E-state index is 0.536. The number of piperazine rings is 1. The number of anilines is 1. The quantitative estimate of drug-likeness (QED) is 0.871. The van der Waals surface area contributed by atoms with Gasteiger partial charge in [-0.1, -0.05) is 38.5 Å². The van der Waals surface area contributed by atoms with Crippen molar-refractivity contribution in [2.45, 2.75) is 45.7 Å². The van der Waals surface area contributed by atoms with Crippen molar-refractivity contribution in [2.75, 3.05) is 31.7 Å². The van der Waals surface area contributed by atoms with E-state index >= 15 is 0 Å². The number of hydrogen-bond donors (Lipinski definition) is 1. The van der Waals surface area contributed by atoms with E-state index in [0.29, 0.717) is 18.0 Å². The summed E-state index contributed by atoms with van der Waals surface area (Å²) in [4.78, 5) is 2.58. The lowest BCUT2D eigenvalue weighted by Gasteiger charge is -2.43. The molecule has 0 radical (unpaired) electrons. The van der Waals surface area contributed by atoms with Crippen molar-refractivity contribution in [3.8, 4) is 0 Å². The van der Waals surface area contributed by atoms with Crippen LogP contribution >= 0.6 is 0 Å². The molecule has 3 nitrogen and oxygen atoms in total. The number of rotatable bonds is 6. The average molecular weight is 290 g/mol. The van der Waals surface area contributed by atoms with Gasteiger partial charge in [0.25, 0.3) is 0 Å². The van der Waals surface area contributed by atoms with Crippen LogP contribution in [-0.4, -0.2) is 38.9 Å². The second-order valence-corrected chi connectivity index (χ2v) is 6.27. The van der Waals surface area contributed by atoms with Crippen molar-refractivity contribution in [3.63, 3.8) is 0 Å². The second kappa shape index (κ2) is 7.81. The highest BCUT2D eigenvalue weighted by Crippen LogP contribution is 2.26. The molecule has 21 heavy (non-hydrogen) atoms. The molecule has 1 heterocycles. The predicted octanol–water partition coefficient (Wildman–Crippen LogP) is 3.09. The van der Waals surface area contributed by atoms with E-state index in [4.69, 9.17) is 4.74 Å². The first-order valence-electron chi connectivity index (χ1n) is 8.24. The van der Waals surface area contributed by atoms with Crippen molar-refractivity contribution in [2.24, 2.45) is 5.92 Å². The van der Waals surface area contributed by atoms with E-state index in [1.807, 2.05) is 0 Å². The minimum Gasteiger partial charge on any atom is -0.384 e. The van der Waals surface area contributed by atoms with E-state index in [0.717, 1.165) is 26.1 Å². The molecule has 0 saturated carbocycles. The van der Waals surface area contributed by atoms with E-state index < -0.39 is 0 Å². The molecule has 1 aliphatic rings. The molecule has 1 aromatic rings. The van der Waals surface area contributed by atoms with Crippen molar-refractivity contribution in [3.05, 3.63) is 29.8 Å². The molecule has 3 heteroatoms. The lowest BCUT2D eigenvalue weighted by molar-refractivity contribution is 0.202. The molecule has 0 spiro atoms.